The Hall–Kier alpha value is -2.56. The standard InChI is InChI=1S/C34H54N2O10/c1-12-14-15-36(10)23-16-19(4)43-31(27(23)39)45-29-21(6)26(38)22(7)30(40)44-24(13-2)34(9)28(35-32(41)46-34)20(5)25(37)18(3)17-33(29,8)42-11/h1,18-24,27-29,31,39H,13-17H2,2-11H3,(H,35,41)/t18-,19-,20+,21+,22-,23+,24-,27-,28-,29-,31+,33-,34-/m1/s1. The van der Waals surface area contributed by atoms with Gasteiger partial charge in [-0.15, -0.1) is 12.3 Å². The molecule has 46 heavy (non-hydrogen) atoms. The first-order valence-corrected chi connectivity index (χ1v) is 16.4. The van der Waals surface area contributed by atoms with Crippen LogP contribution in [-0.2, 0) is 38.1 Å². The van der Waals surface area contributed by atoms with Crippen molar-refractivity contribution < 1.29 is 48.0 Å². The number of hydrogen-bond donors (Lipinski definition) is 2. The van der Waals surface area contributed by atoms with Crippen molar-refractivity contribution >= 4 is 23.6 Å². The average Bonchev–Trinajstić information content (AvgIpc) is 3.33. The van der Waals surface area contributed by atoms with Gasteiger partial charge >= 0.3 is 12.1 Å². The first kappa shape index (κ1) is 37.9. The Labute approximate surface area is 273 Å². The van der Waals surface area contributed by atoms with Crippen molar-refractivity contribution in [3.05, 3.63) is 0 Å². The number of amides is 1. The molecule has 0 aliphatic carbocycles. The smallest absolute Gasteiger partial charge is 0.408 e. The van der Waals surface area contributed by atoms with E-state index in [2.05, 4.69) is 11.2 Å². The first-order chi connectivity index (χ1) is 21.4. The molecule has 3 fully saturated rings. The lowest BCUT2D eigenvalue weighted by molar-refractivity contribution is -0.296. The van der Waals surface area contributed by atoms with Crippen LogP contribution in [0.5, 0.6) is 0 Å². The number of alkyl carbamates (subject to hydrolysis) is 1. The normalized spacial score (nSPS) is 42.8. The second-order valence-electron chi connectivity index (χ2n) is 13.9. The molecule has 0 aromatic carbocycles. The molecule has 13 atom stereocenters. The van der Waals surface area contributed by atoms with Crippen LogP contribution in [0.1, 0.15) is 81.1 Å². The minimum Gasteiger partial charge on any atom is -0.458 e. The number of terminal acetylenes is 1. The van der Waals surface area contributed by atoms with E-state index in [0.717, 1.165) is 0 Å². The summed E-state index contributed by atoms with van der Waals surface area (Å²) in [7, 11) is 3.35. The fourth-order valence-corrected chi connectivity index (χ4v) is 7.52. The molecule has 2 N–H and O–H groups in total. The molecule has 12 heteroatoms. The Bertz CT molecular complexity index is 1170. The molecule has 260 valence electrons. The molecule has 0 aromatic rings. The third-order valence-corrected chi connectivity index (χ3v) is 10.4. The maximum absolute atomic E-state index is 14.0. The molecule has 3 aliphatic rings. The fourth-order valence-electron chi connectivity index (χ4n) is 7.52. The van der Waals surface area contributed by atoms with Crippen molar-refractivity contribution in [3.8, 4) is 12.3 Å². The molecule has 1 amide bonds. The Balaban J connectivity index is 2.06. The Morgan fingerprint density at radius 2 is 1.74 bits per heavy atom. The maximum atomic E-state index is 14.0. The molecule has 0 radical (unpaired) electrons. The van der Waals surface area contributed by atoms with Gasteiger partial charge in [0, 0.05) is 43.9 Å². The van der Waals surface area contributed by atoms with E-state index in [-0.39, 0.29) is 30.8 Å². The number of rotatable bonds is 7. The summed E-state index contributed by atoms with van der Waals surface area (Å²) < 4.78 is 30.3. The number of carbonyl (C=O) groups is 4. The van der Waals surface area contributed by atoms with Crippen LogP contribution in [-0.4, -0.2) is 108 Å². The predicted octanol–water partition coefficient (Wildman–Crippen LogP) is 2.87. The van der Waals surface area contributed by atoms with Gasteiger partial charge in [0.25, 0.3) is 0 Å². The number of aliphatic hydroxyl groups excluding tert-OH is 1. The van der Waals surface area contributed by atoms with Crippen LogP contribution in [0.25, 0.3) is 0 Å². The number of methoxy groups -OCH3 is 1. The van der Waals surface area contributed by atoms with Crippen molar-refractivity contribution in [2.45, 2.75) is 135 Å². The van der Waals surface area contributed by atoms with Gasteiger partial charge in [-0.05, 0) is 54.0 Å². The lowest BCUT2D eigenvalue weighted by Crippen LogP contribution is -2.60. The zero-order chi connectivity index (χ0) is 34.7. The minimum atomic E-state index is -1.35. The van der Waals surface area contributed by atoms with E-state index in [1.54, 1.807) is 41.5 Å². The second kappa shape index (κ2) is 15.1. The molecule has 12 nitrogen and oxygen atoms in total. The number of esters is 1. The summed E-state index contributed by atoms with van der Waals surface area (Å²) in [6, 6.07) is -1.13. The molecule has 0 spiro atoms. The van der Waals surface area contributed by atoms with Crippen LogP contribution >= 0.6 is 0 Å². The molecule has 0 saturated carbocycles. The maximum Gasteiger partial charge on any atom is 0.408 e. The number of Topliss-reactive ketones (excluding diaryl/α,β-unsaturated/α-hetero) is 2. The molecule has 3 saturated heterocycles. The van der Waals surface area contributed by atoms with E-state index in [9.17, 15) is 24.3 Å². The summed E-state index contributed by atoms with van der Waals surface area (Å²) in [4.78, 5) is 56.1. The van der Waals surface area contributed by atoms with Crippen LogP contribution < -0.4 is 5.32 Å². The molecule has 0 unspecified atom stereocenters. The third kappa shape index (κ3) is 7.60. The van der Waals surface area contributed by atoms with Crippen molar-refractivity contribution in [2.75, 3.05) is 20.7 Å². The Morgan fingerprint density at radius 1 is 1.09 bits per heavy atom. The number of ether oxygens (including phenoxy) is 5. The van der Waals surface area contributed by atoms with E-state index in [0.29, 0.717) is 19.4 Å². The van der Waals surface area contributed by atoms with E-state index in [4.69, 9.17) is 30.1 Å². The topological polar surface area (TPSA) is 150 Å². The largest absolute Gasteiger partial charge is 0.458 e. The zero-order valence-corrected chi connectivity index (χ0v) is 29.0. The first-order valence-electron chi connectivity index (χ1n) is 16.4. The summed E-state index contributed by atoms with van der Waals surface area (Å²) in [5.41, 5.74) is -2.60. The Morgan fingerprint density at radius 3 is 2.33 bits per heavy atom. The zero-order valence-electron chi connectivity index (χ0n) is 29.0. The van der Waals surface area contributed by atoms with E-state index >= 15 is 0 Å². The third-order valence-electron chi connectivity index (χ3n) is 10.4. The van der Waals surface area contributed by atoms with E-state index in [1.165, 1.54) is 14.0 Å². The minimum absolute atomic E-state index is 0.132. The number of hydrogen-bond acceptors (Lipinski definition) is 11. The van der Waals surface area contributed by atoms with Crippen LogP contribution in [0, 0.1) is 36.0 Å². The van der Waals surface area contributed by atoms with Gasteiger partial charge in [0.15, 0.2) is 17.7 Å². The number of likely N-dealkylation sites (N-methyl/N-ethyl adjacent to an activating group) is 1. The summed E-state index contributed by atoms with van der Waals surface area (Å²) in [6.45, 7) is 14.2. The fraction of sp³-hybridized carbons (Fsp3) is 0.824. The van der Waals surface area contributed by atoms with Crippen LogP contribution in [0.2, 0.25) is 0 Å². The molecule has 0 aromatic heterocycles. The molecule has 0 bridgehead atoms. The van der Waals surface area contributed by atoms with E-state index < -0.39 is 83.4 Å². The summed E-state index contributed by atoms with van der Waals surface area (Å²) in [5, 5.41) is 14.2. The molecule has 3 rings (SSSR count). The number of cyclic esters (lactones) is 1. The summed E-state index contributed by atoms with van der Waals surface area (Å²) >= 11 is 0. The average molecular weight is 651 g/mol. The Kier molecular flexibility index (Phi) is 12.5. The SMILES string of the molecule is C#CCCN(C)[C@H]1C[C@@H](C)O[C@@H](O[C@@H]2[C@@H](C)C(=O)[C@@H](C)C(=O)O[C@H](CC)[C@@]3(C)OC(=O)N[C@@H]3[C@@H](C)C(=O)[C@H](C)C[C@@]2(C)OC)[C@@H]1O. The highest BCUT2D eigenvalue weighted by atomic mass is 16.7. The van der Waals surface area contributed by atoms with Gasteiger partial charge in [0.2, 0.25) is 0 Å². The van der Waals surface area contributed by atoms with Crippen molar-refractivity contribution in [2.24, 2.45) is 23.7 Å². The molecule has 3 heterocycles. The lowest BCUT2D eigenvalue weighted by Gasteiger charge is -2.47. The highest BCUT2D eigenvalue weighted by Crippen LogP contribution is 2.40. The van der Waals surface area contributed by atoms with Crippen molar-refractivity contribution in [3.63, 3.8) is 0 Å². The second-order valence-corrected chi connectivity index (χ2v) is 13.9. The number of nitrogens with zero attached hydrogens (tertiary/aromatic N) is 1. The monoisotopic (exact) mass is 650 g/mol. The number of ketones is 2. The van der Waals surface area contributed by atoms with Gasteiger partial charge in [0.05, 0.1) is 23.9 Å². The van der Waals surface area contributed by atoms with Gasteiger partial charge < -0.3 is 34.1 Å². The number of nitrogens with one attached hydrogen (secondary N) is 1. The molecule has 3 aliphatic heterocycles. The van der Waals surface area contributed by atoms with Crippen LogP contribution in [0.4, 0.5) is 4.79 Å². The van der Waals surface area contributed by atoms with Gasteiger partial charge in [-0.1, -0.05) is 27.7 Å². The van der Waals surface area contributed by atoms with Crippen LogP contribution in [0.15, 0.2) is 0 Å². The predicted molar refractivity (Wildman–Crippen MR) is 168 cm³/mol. The van der Waals surface area contributed by atoms with Crippen molar-refractivity contribution in [1.82, 2.24) is 10.2 Å². The number of aliphatic hydroxyl groups is 1. The summed E-state index contributed by atoms with van der Waals surface area (Å²) in [6.07, 6.45) is 1.72. The quantitative estimate of drug-likeness (QED) is 0.238. The lowest BCUT2D eigenvalue weighted by atomic mass is 9.73. The van der Waals surface area contributed by atoms with Gasteiger partial charge in [-0.25, -0.2) is 4.79 Å². The number of fused-ring (bicyclic) bond motifs is 1. The van der Waals surface area contributed by atoms with Gasteiger partial charge in [0.1, 0.15) is 23.9 Å². The van der Waals surface area contributed by atoms with Crippen LogP contribution in [0.3, 0.4) is 0 Å². The number of carbonyl (C=O) groups excluding carboxylic acids is 4. The summed E-state index contributed by atoms with van der Waals surface area (Å²) in [5.74, 6) is -2.30. The van der Waals surface area contributed by atoms with Gasteiger partial charge in [-0.2, -0.15) is 0 Å². The highest BCUT2D eigenvalue weighted by Gasteiger charge is 2.57. The van der Waals surface area contributed by atoms with Crippen molar-refractivity contribution in [1.29, 1.82) is 0 Å². The van der Waals surface area contributed by atoms with E-state index in [1.807, 2.05) is 18.9 Å². The highest BCUT2D eigenvalue weighted by molar-refractivity contribution is 6.00. The van der Waals surface area contributed by atoms with Gasteiger partial charge in [-0.3, -0.25) is 19.3 Å². The molecular weight excluding hydrogens is 596 g/mol. The molecular formula is C34H54N2O10.